The van der Waals surface area contributed by atoms with E-state index in [0.717, 1.165) is 12.3 Å². The fourth-order valence-corrected chi connectivity index (χ4v) is 1.28. The van der Waals surface area contributed by atoms with Crippen LogP contribution in [0.1, 0.15) is 0 Å². The SMILES string of the molecule is O=c1ccn(CS(=O)(=O)O)c(=O)[nH]1. The van der Waals surface area contributed by atoms with Gasteiger partial charge < -0.3 is 0 Å². The van der Waals surface area contributed by atoms with E-state index in [2.05, 4.69) is 0 Å². The summed E-state index contributed by atoms with van der Waals surface area (Å²) in [6.07, 6.45) is 0.981. The molecular weight excluding hydrogens is 200 g/mol. The highest BCUT2D eigenvalue weighted by Gasteiger charge is 2.06. The monoisotopic (exact) mass is 206 g/mol. The smallest absolute Gasteiger partial charge is 0.284 e. The first kappa shape index (κ1) is 9.68. The Morgan fingerprint density at radius 2 is 2.08 bits per heavy atom. The zero-order valence-electron chi connectivity index (χ0n) is 6.30. The Bertz CT molecular complexity index is 510. The molecule has 7 nitrogen and oxygen atoms in total. The van der Waals surface area contributed by atoms with Gasteiger partial charge in [-0.05, 0) is 0 Å². The Morgan fingerprint density at radius 3 is 2.54 bits per heavy atom. The molecule has 0 aliphatic heterocycles. The van der Waals surface area contributed by atoms with Crippen molar-refractivity contribution in [1.82, 2.24) is 9.55 Å². The largest absolute Gasteiger partial charge is 0.329 e. The van der Waals surface area contributed by atoms with Crippen molar-refractivity contribution in [3.8, 4) is 0 Å². The van der Waals surface area contributed by atoms with E-state index < -0.39 is 27.2 Å². The van der Waals surface area contributed by atoms with Gasteiger partial charge in [0, 0.05) is 12.3 Å². The third-order valence-corrected chi connectivity index (χ3v) is 1.80. The summed E-state index contributed by atoms with van der Waals surface area (Å²) < 4.78 is 29.7. The molecule has 72 valence electrons. The molecule has 1 aromatic rings. The molecule has 0 spiro atoms. The van der Waals surface area contributed by atoms with Crippen LogP contribution >= 0.6 is 0 Å². The minimum absolute atomic E-state index is 0.628. The second kappa shape index (κ2) is 3.15. The van der Waals surface area contributed by atoms with E-state index in [-0.39, 0.29) is 0 Å². The number of nitrogens with one attached hydrogen (secondary N) is 1. The second-order valence-corrected chi connectivity index (χ2v) is 3.71. The van der Waals surface area contributed by atoms with Crippen LogP contribution in [0.25, 0.3) is 0 Å². The molecular formula is C5H6N2O5S. The molecule has 0 unspecified atom stereocenters. The molecule has 0 atom stereocenters. The summed E-state index contributed by atoms with van der Waals surface area (Å²) in [7, 11) is -4.27. The number of rotatable bonds is 2. The highest BCUT2D eigenvalue weighted by Crippen LogP contribution is 1.85. The molecule has 13 heavy (non-hydrogen) atoms. The first-order valence-electron chi connectivity index (χ1n) is 3.13. The zero-order valence-corrected chi connectivity index (χ0v) is 7.11. The molecule has 0 saturated carbocycles. The van der Waals surface area contributed by atoms with E-state index in [0.29, 0.717) is 4.57 Å². The van der Waals surface area contributed by atoms with Crippen molar-refractivity contribution >= 4 is 10.1 Å². The molecule has 0 amide bonds. The van der Waals surface area contributed by atoms with Crippen LogP contribution < -0.4 is 11.2 Å². The minimum Gasteiger partial charge on any atom is -0.284 e. The number of nitrogens with zero attached hydrogens (tertiary/aromatic N) is 1. The molecule has 0 aliphatic rings. The van der Waals surface area contributed by atoms with Crippen LogP contribution in [0, 0.1) is 0 Å². The van der Waals surface area contributed by atoms with Crippen LogP contribution in [0.3, 0.4) is 0 Å². The van der Waals surface area contributed by atoms with Gasteiger partial charge in [-0.2, -0.15) is 8.42 Å². The Hall–Kier alpha value is -1.41. The van der Waals surface area contributed by atoms with E-state index >= 15 is 0 Å². The van der Waals surface area contributed by atoms with E-state index in [1.54, 1.807) is 0 Å². The lowest BCUT2D eigenvalue weighted by atomic mass is 10.6. The zero-order chi connectivity index (χ0) is 10.1. The summed E-state index contributed by atoms with van der Waals surface area (Å²) in [4.78, 5) is 23.2. The highest BCUT2D eigenvalue weighted by molar-refractivity contribution is 7.84. The predicted octanol–water partition coefficient (Wildman–Crippen LogP) is -1.62. The first-order valence-corrected chi connectivity index (χ1v) is 4.74. The molecule has 0 aliphatic carbocycles. The van der Waals surface area contributed by atoms with Crippen molar-refractivity contribution in [2.45, 2.75) is 5.88 Å². The van der Waals surface area contributed by atoms with E-state index in [4.69, 9.17) is 4.55 Å². The van der Waals surface area contributed by atoms with Gasteiger partial charge in [0.15, 0.2) is 5.88 Å². The predicted molar refractivity (Wildman–Crippen MR) is 42.9 cm³/mol. The summed E-state index contributed by atoms with van der Waals surface area (Å²) in [6.45, 7) is 0. The molecule has 8 heteroatoms. The van der Waals surface area contributed by atoms with Gasteiger partial charge in [0.05, 0.1) is 0 Å². The number of aromatic nitrogens is 2. The molecule has 0 radical (unpaired) electrons. The van der Waals surface area contributed by atoms with E-state index in [1.165, 1.54) is 0 Å². The van der Waals surface area contributed by atoms with E-state index in [9.17, 15) is 18.0 Å². The average molecular weight is 206 g/mol. The summed E-state index contributed by atoms with van der Waals surface area (Å²) in [5.74, 6) is -0.872. The van der Waals surface area contributed by atoms with Gasteiger partial charge in [0.2, 0.25) is 0 Å². The van der Waals surface area contributed by atoms with Crippen molar-refractivity contribution in [2.24, 2.45) is 0 Å². The maximum absolute atomic E-state index is 10.8. The van der Waals surface area contributed by atoms with Crippen molar-refractivity contribution in [3.63, 3.8) is 0 Å². The first-order chi connectivity index (χ1) is 5.88. The molecule has 0 bridgehead atoms. The standard InChI is InChI=1S/C5H6N2O5S/c8-4-1-2-7(5(9)6-4)3-13(10,11)12/h1-2H,3H2,(H,6,8,9)(H,10,11,12). The maximum atomic E-state index is 10.8. The Labute approximate surface area is 72.4 Å². The lowest BCUT2D eigenvalue weighted by molar-refractivity contribution is 0.469. The lowest BCUT2D eigenvalue weighted by Crippen LogP contribution is -2.30. The maximum Gasteiger partial charge on any atom is 0.329 e. The van der Waals surface area contributed by atoms with Crippen molar-refractivity contribution < 1.29 is 13.0 Å². The molecule has 1 heterocycles. The second-order valence-electron chi connectivity index (χ2n) is 2.29. The van der Waals surface area contributed by atoms with E-state index in [1.807, 2.05) is 4.98 Å². The highest BCUT2D eigenvalue weighted by atomic mass is 32.2. The molecule has 1 rings (SSSR count). The Balaban J connectivity index is 3.19. The van der Waals surface area contributed by atoms with Gasteiger partial charge in [0.1, 0.15) is 0 Å². The van der Waals surface area contributed by atoms with Crippen molar-refractivity contribution in [3.05, 3.63) is 33.1 Å². The third kappa shape index (κ3) is 2.84. The van der Waals surface area contributed by atoms with Crippen LogP contribution in [0.15, 0.2) is 21.9 Å². The molecule has 0 saturated heterocycles. The molecule has 0 fully saturated rings. The average Bonchev–Trinajstić information content (AvgIpc) is 1.93. The quantitative estimate of drug-likeness (QED) is 0.565. The number of hydrogen-bond donors (Lipinski definition) is 2. The summed E-state index contributed by atoms with van der Waals surface area (Å²) in [6, 6.07) is 0.979. The van der Waals surface area contributed by atoms with Gasteiger partial charge in [0.25, 0.3) is 15.7 Å². The van der Waals surface area contributed by atoms with Crippen LogP contribution in [-0.4, -0.2) is 22.5 Å². The van der Waals surface area contributed by atoms with Crippen LogP contribution in [-0.2, 0) is 16.0 Å². The fourth-order valence-electron chi connectivity index (χ4n) is 0.722. The van der Waals surface area contributed by atoms with Crippen molar-refractivity contribution in [2.75, 3.05) is 0 Å². The minimum atomic E-state index is -4.27. The fraction of sp³-hybridized carbons (Fsp3) is 0.200. The summed E-state index contributed by atoms with van der Waals surface area (Å²) >= 11 is 0. The Morgan fingerprint density at radius 1 is 1.46 bits per heavy atom. The third-order valence-electron chi connectivity index (χ3n) is 1.20. The van der Waals surface area contributed by atoms with Crippen LogP contribution in [0.4, 0.5) is 0 Å². The molecule has 1 aromatic heterocycles. The molecule has 0 aromatic carbocycles. The van der Waals surface area contributed by atoms with Gasteiger partial charge in [-0.3, -0.25) is 18.9 Å². The molecule has 2 N–H and O–H groups in total. The number of H-pyrrole nitrogens is 1. The van der Waals surface area contributed by atoms with Gasteiger partial charge in [-0.25, -0.2) is 4.79 Å². The van der Waals surface area contributed by atoms with Crippen LogP contribution in [0.5, 0.6) is 0 Å². The summed E-state index contributed by atoms with van der Waals surface area (Å²) in [5, 5.41) is 0. The lowest BCUT2D eigenvalue weighted by Gasteiger charge is -1.99. The number of aromatic amines is 1. The van der Waals surface area contributed by atoms with Gasteiger partial charge in [-0.15, -0.1) is 0 Å². The topological polar surface area (TPSA) is 109 Å². The van der Waals surface area contributed by atoms with Gasteiger partial charge >= 0.3 is 5.69 Å². The number of hydrogen-bond acceptors (Lipinski definition) is 4. The van der Waals surface area contributed by atoms with Gasteiger partial charge in [-0.1, -0.05) is 0 Å². The van der Waals surface area contributed by atoms with Crippen molar-refractivity contribution in [1.29, 1.82) is 0 Å². The summed E-state index contributed by atoms with van der Waals surface area (Å²) in [5.41, 5.74) is -1.51. The van der Waals surface area contributed by atoms with Crippen LogP contribution in [0.2, 0.25) is 0 Å². The Kier molecular flexibility index (Phi) is 2.34. The normalized spacial score (nSPS) is 11.5.